The molecule has 1 aromatic heterocycles. The van der Waals surface area contributed by atoms with Crippen molar-refractivity contribution in [2.75, 3.05) is 29.4 Å². The quantitative estimate of drug-likeness (QED) is 0.822. The van der Waals surface area contributed by atoms with E-state index < -0.39 is 0 Å². The standard InChI is InChI=1S/C22H24N4O/c23-15-17-8-9-21(24-16-17)25-13-10-19(11-14-25)22(27)26-12-4-3-6-18-5-1-2-7-20(18)26/h1-2,5,7-9,16,19H,3-4,6,10-14H2. The second-order valence-electron chi connectivity index (χ2n) is 7.35. The number of hydrogen-bond donors (Lipinski definition) is 0. The van der Waals surface area contributed by atoms with Gasteiger partial charge in [0.1, 0.15) is 11.9 Å². The number of aryl methyl sites for hydroxylation is 1. The topological polar surface area (TPSA) is 60.2 Å². The van der Waals surface area contributed by atoms with Gasteiger partial charge in [-0.3, -0.25) is 4.79 Å². The van der Waals surface area contributed by atoms with Crippen molar-refractivity contribution in [3.05, 3.63) is 53.7 Å². The van der Waals surface area contributed by atoms with Gasteiger partial charge in [-0.1, -0.05) is 18.2 Å². The van der Waals surface area contributed by atoms with E-state index in [1.165, 1.54) is 5.56 Å². The zero-order chi connectivity index (χ0) is 18.6. The minimum atomic E-state index is 0.0748. The van der Waals surface area contributed by atoms with Crippen molar-refractivity contribution in [2.45, 2.75) is 32.1 Å². The first-order valence-corrected chi connectivity index (χ1v) is 9.76. The van der Waals surface area contributed by atoms with E-state index in [0.29, 0.717) is 5.56 Å². The van der Waals surface area contributed by atoms with Crippen LogP contribution in [0.4, 0.5) is 11.5 Å². The van der Waals surface area contributed by atoms with E-state index in [9.17, 15) is 4.79 Å². The van der Waals surface area contributed by atoms with Gasteiger partial charge in [-0.25, -0.2) is 4.98 Å². The summed E-state index contributed by atoms with van der Waals surface area (Å²) in [5.41, 5.74) is 2.97. The van der Waals surface area contributed by atoms with Crippen molar-refractivity contribution in [1.29, 1.82) is 5.26 Å². The SMILES string of the molecule is N#Cc1ccc(N2CCC(C(=O)N3CCCCc4ccccc43)CC2)nc1. The van der Waals surface area contributed by atoms with Crippen molar-refractivity contribution < 1.29 is 4.79 Å². The van der Waals surface area contributed by atoms with Gasteiger partial charge in [-0.15, -0.1) is 0 Å². The van der Waals surface area contributed by atoms with Crippen LogP contribution in [0.5, 0.6) is 0 Å². The fraction of sp³-hybridized carbons (Fsp3) is 0.409. The van der Waals surface area contributed by atoms with Gasteiger partial charge in [0.05, 0.1) is 5.56 Å². The van der Waals surface area contributed by atoms with Crippen molar-refractivity contribution in [3.8, 4) is 6.07 Å². The molecule has 0 atom stereocenters. The molecule has 0 saturated carbocycles. The smallest absolute Gasteiger partial charge is 0.230 e. The summed E-state index contributed by atoms with van der Waals surface area (Å²) >= 11 is 0. The van der Waals surface area contributed by atoms with E-state index in [4.69, 9.17) is 5.26 Å². The molecule has 0 unspecified atom stereocenters. The first-order valence-electron chi connectivity index (χ1n) is 9.76. The molecule has 1 aromatic carbocycles. The van der Waals surface area contributed by atoms with Crippen molar-refractivity contribution in [2.24, 2.45) is 5.92 Å². The largest absolute Gasteiger partial charge is 0.357 e. The van der Waals surface area contributed by atoms with Crippen LogP contribution in [-0.4, -0.2) is 30.5 Å². The number of rotatable bonds is 2. The second kappa shape index (κ2) is 7.79. The monoisotopic (exact) mass is 360 g/mol. The number of piperidine rings is 1. The Labute approximate surface area is 160 Å². The van der Waals surface area contributed by atoms with Crippen LogP contribution < -0.4 is 9.80 Å². The van der Waals surface area contributed by atoms with Crippen LogP contribution in [-0.2, 0) is 11.2 Å². The van der Waals surface area contributed by atoms with E-state index in [2.05, 4.69) is 34.2 Å². The molecule has 4 rings (SSSR count). The lowest BCUT2D eigenvalue weighted by atomic mass is 9.94. The van der Waals surface area contributed by atoms with Crippen LogP contribution in [0, 0.1) is 17.2 Å². The molecule has 3 heterocycles. The molecule has 1 fully saturated rings. The Balaban J connectivity index is 1.43. The normalized spacial score (nSPS) is 17.7. The van der Waals surface area contributed by atoms with Crippen LogP contribution >= 0.6 is 0 Å². The third-order valence-electron chi connectivity index (χ3n) is 5.67. The van der Waals surface area contributed by atoms with Crippen molar-refractivity contribution in [3.63, 3.8) is 0 Å². The molecule has 0 spiro atoms. The highest BCUT2D eigenvalue weighted by Gasteiger charge is 2.31. The second-order valence-corrected chi connectivity index (χ2v) is 7.35. The number of nitrogens with zero attached hydrogens (tertiary/aromatic N) is 4. The number of para-hydroxylation sites is 1. The summed E-state index contributed by atoms with van der Waals surface area (Å²) in [4.78, 5) is 21.9. The lowest BCUT2D eigenvalue weighted by molar-refractivity contribution is -0.123. The Bertz CT molecular complexity index is 847. The van der Waals surface area contributed by atoms with Crippen LogP contribution in [0.3, 0.4) is 0 Å². The van der Waals surface area contributed by atoms with Crippen LogP contribution in [0.2, 0.25) is 0 Å². The number of nitriles is 1. The van der Waals surface area contributed by atoms with Gasteiger partial charge in [0.2, 0.25) is 5.91 Å². The highest BCUT2D eigenvalue weighted by molar-refractivity contribution is 5.96. The fourth-order valence-corrected chi connectivity index (χ4v) is 4.14. The van der Waals surface area contributed by atoms with E-state index in [1.807, 2.05) is 17.0 Å². The van der Waals surface area contributed by atoms with Gasteiger partial charge in [-0.2, -0.15) is 5.26 Å². The van der Waals surface area contributed by atoms with Crippen molar-refractivity contribution >= 4 is 17.4 Å². The molecular weight excluding hydrogens is 336 g/mol. The molecule has 5 heteroatoms. The molecule has 2 aliphatic rings. The molecule has 138 valence electrons. The van der Waals surface area contributed by atoms with E-state index in [0.717, 1.165) is 63.2 Å². The number of pyridine rings is 1. The summed E-state index contributed by atoms with van der Waals surface area (Å²) in [6.07, 6.45) is 6.57. The van der Waals surface area contributed by atoms with Gasteiger partial charge in [0.15, 0.2) is 0 Å². The molecule has 1 amide bonds. The molecule has 0 radical (unpaired) electrons. The van der Waals surface area contributed by atoms with E-state index in [-0.39, 0.29) is 11.8 Å². The Hall–Kier alpha value is -2.87. The van der Waals surface area contributed by atoms with Gasteiger partial charge >= 0.3 is 0 Å². The Morgan fingerprint density at radius 2 is 1.89 bits per heavy atom. The highest BCUT2D eigenvalue weighted by atomic mass is 16.2. The lowest BCUT2D eigenvalue weighted by Crippen LogP contribution is -2.43. The summed E-state index contributed by atoms with van der Waals surface area (Å²) in [7, 11) is 0. The van der Waals surface area contributed by atoms with Gasteiger partial charge in [0, 0.05) is 37.4 Å². The van der Waals surface area contributed by atoms with E-state index in [1.54, 1.807) is 12.3 Å². The van der Waals surface area contributed by atoms with Gasteiger partial charge < -0.3 is 9.80 Å². The van der Waals surface area contributed by atoms with Gasteiger partial charge in [0.25, 0.3) is 0 Å². The van der Waals surface area contributed by atoms with E-state index >= 15 is 0 Å². The summed E-state index contributed by atoms with van der Waals surface area (Å²) in [6.45, 7) is 2.48. The number of hydrogen-bond acceptors (Lipinski definition) is 4. The third kappa shape index (κ3) is 3.66. The number of carbonyl (C=O) groups excluding carboxylic acids is 1. The first kappa shape index (κ1) is 17.5. The number of aromatic nitrogens is 1. The van der Waals surface area contributed by atoms with Crippen molar-refractivity contribution in [1.82, 2.24) is 4.98 Å². The molecular formula is C22H24N4O. The molecule has 27 heavy (non-hydrogen) atoms. The Kier molecular flexibility index (Phi) is 5.06. The maximum atomic E-state index is 13.3. The minimum absolute atomic E-state index is 0.0748. The summed E-state index contributed by atoms with van der Waals surface area (Å²) in [6, 6.07) is 14.1. The number of fused-ring (bicyclic) bond motifs is 1. The summed E-state index contributed by atoms with van der Waals surface area (Å²) < 4.78 is 0. The molecule has 5 nitrogen and oxygen atoms in total. The summed E-state index contributed by atoms with van der Waals surface area (Å²) in [5.74, 6) is 1.24. The van der Waals surface area contributed by atoms with Crippen LogP contribution in [0.15, 0.2) is 42.6 Å². The number of benzene rings is 1. The maximum absolute atomic E-state index is 13.3. The molecule has 0 N–H and O–H groups in total. The average molecular weight is 360 g/mol. The number of amides is 1. The Morgan fingerprint density at radius 3 is 2.63 bits per heavy atom. The lowest BCUT2D eigenvalue weighted by Gasteiger charge is -2.35. The maximum Gasteiger partial charge on any atom is 0.230 e. The van der Waals surface area contributed by atoms with Crippen LogP contribution in [0.1, 0.15) is 36.8 Å². The molecule has 2 aliphatic heterocycles. The molecule has 0 aliphatic carbocycles. The average Bonchev–Trinajstić information content (AvgIpc) is 2.96. The predicted molar refractivity (Wildman–Crippen MR) is 106 cm³/mol. The molecule has 1 saturated heterocycles. The fourth-order valence-electron chi connectivity index (χ4n) is 4.14. The zero-order valence-corrected chi connectivity index (χ0v) is 15.5. The number of carbonyl (C=O) groups is 1. The van der Waals surface area contributed by atoms with Gasteiger partial charge in [-0.05, 0) is 55.9 Å². The Morgan fingerprint density at radius 1 is 1.07 bits per heavy atom. The third-order valence-corrected chi connectivity index (χ3v) is 5.67. The predicted octanol–water partition coefficient (Wildman–Crippen LogP) is 3.54. The minimum Gasteiger partial charge on any atom is -0.357 e. The zero-order valence-electron chi connectivity index (χ0n) is 15.5. The number of anilines is 2. The molecule has 0 bridgehead atoms. The first-order chi connectivity index (χ1) is 13.3. The highest BCUT2D eigenvalue weighted by Crippen LogP contribution is 2.30. The molecule has 2 aromatic rings. The summed E-state index contributed by atoms with van der Waals surface area (Å²) in [5, 5.41) is 8.90. The van der Waals surface area contributed by atoms with Crippen LogP contribution in [0.25, 0.3) is 0 Å².